The van der Waals surface area contributed by atoms with Crippen LogP contribution in [0, 0.1) is 19.8 Å². The first-order chi connectivity index (χ1) is 16.1. The summed E-state index contributed by atoms with van der Waals surface area (Å²) in [5.74, 6) is -1.46. The molecule has 35 heavy (non-hydrogen) atoms. The molecule has 1 fully saturated rings. The Kier molecular flexibility index (Phi) is 8.92. The topological polar surface area (TPSA) is 131 Å². The highest BCUT2D eigenvalue weighted by Crippen LogP contribution is 2.41. The van der Waals surface area contributed by atoms with Crippen molar-refractivity contribution in [3.63, 3.8) is 0 Å². The van der Waals surface area contributed by atoms with Crippen molar-refractivity contribution < 1.29 is 23.9 Å². The molecule has 4 unspecified atom stereocenters. The molecule has 1 aromatic carbocycles. The average Bonchev–Trinajstić information content (AvgIpc) is 3.41. The molecule has 4 amide bonds. The number of benzene rings is 1. The smallest absolute Gasteiger partial charge is 0.408 e. The summed E-state index contributed by atoms with van der Waals surface area (Å²) in [4.78, 5) is 53.4. The fraction of sp³-hybridized carbons (Fsp3) is 0.615. The van der Waals surface area contributed by atoms with E-state index in [4.69, 9.17) is 10.5 Å². The number of aryl methyl sites for hydroxylation is 1. The van der Waals surface area contributed by atoms with E-state index < -0.39 is 42.0 Å². The van der Waals surface area contributed by atoms with E-state index >= 15 is 0 Å². The van der Waals surface area contributed by atoms with Gasteiger partial charge < -0.3 is 26.0 Å². The molecule has 9 nitrogen and oxygen atoms in total. The third kappa shape index (κ3) is 7.70. The molecule has 0 heterocycles. The predicted octanol–water partition coefficient (Wildman–Crippen LogP) is 2.87. The third-order valence-electron chi connectivity index (χ3n) is 5.97. The first-order valence-electron chi connectivity index (χ1n) is 12.1. The Morgan fingerprint density at radius 2 is 1.74 bits per heavy atom. The van der Waals surface area contributed by atoms with Crippen LogP contribution in [0.25, 0.3) is 0 Å². The third-order valence-corrected chi connectivity index (χ3v) is 5.97. The van der Waals surface area contributed by atoms with Crippen molar-refractivity contribution in [3.8, 4) is 0 Å². The molecule has 0 spiro atoms. The lowest BCUT2D eigenvalue weighted by Gasteiger charge is -2.36. The van der Waals surface area contributed by atoms with E-state index in [-0.39, 0.29) is 23.9 Å². The van der Waals surface area contributed by atoms with Gasteiger partial charge in [-0.05, 0) is 77.5 Å². The lowest BCUT2D eigenvalue weighted by atomic mass is 9.94. The highest BCUT2D eigenvalue weighted by atomic mass is 16.6. The highest BCUT2D eigenvalue weighted by molar-refractivity contribution is 5.95. The van der Waals surface area contributed by atoms with Crippen LogP contribution in [0.2, 0.25) is 0 Å². The number of primary amides is 1. The summed E-state index contributed by atoms with van der Waals surface area (Å²) in [6.45, 7) is 14.7. The largest absolute Gasteiger partial charge is 0.444 e. The van der Waals surface area contributed by atoms with Crippen LogP contribution in [0.4, 0.5) is 4.79 Å². The van der Waals surface area contributed by atoms with E-state index in [9.17, 15) is 19.2 Å². The summed E-state index contributed by atoms with van der Waals surface area (Å²) in [5, 5.41) is 5.45. The van der Waals surface area contributed by atoms with Crippen LogP contribution in [0.1, 0.15) is 77.1 Å². The fourth-order valence-corrected chi connectivity index (χ4v) is 4.05. The number of nitrogens with zero attached hydrogens (tertiary/aromatic N) is 1. The quantitative estimate of drug-likeness (QED) is 0.492. The minimum Gasteiger partial charge on any atom is -0.444 e. The Labute approximate surface area is 208 Å². The fourth-order valence-electron chi connectivity index (χ4n) is 4.05. The van der Waals surface area contributed by atoms with Crippen molar-refractivity contribution >= 4 is 23.8 Å². The minimum atomic E-state index is -1.27. The van der Waals surface area contributed by atoms with Crippen LogP contribution in [0.15, 0.2) is 18.2 Å². The second kappa shape index (κ2) is 11.1. The van der Waals surface area contributed by atoms with Crippen molar-refractivity contribution in [2.45, 2.75) is 98.0 Å². The molecular weight excluding hydrogens is 448 g/mol. The molecule has 0 saturated heterocycles. The lowest BCUT2D eigenvalue weighted by molar-refractivity contribution is -0.144. The number of ether oxygens (including phenoxy) is 1. The van der Waals surface area contributed by atoms with Crippen molar-refractivity contribution in [1.29, 1.82) is 0 Å². The van der Waals surface area contributed by atoms with Gasteiger partial charge in [0.25, 0.3) is 0 Å². The van der Waals surface area contributed by atoms with Gasteiger partial charge in [0.15, 0.2) is 0 Å². The van der Waals surface area contributed by atoms with Crippen molar-refractivity contribution in [2.75, 3.05) is 0 Å². The van der Waals surface area contributed by atoms with Gasteiger partial charge in [-0.2, -0.15) is 0 Å². The molecule has 1 saturated carbocycles. The van der Waals surface area contributed by atoms with Gasteiger partial charge in [-0.3, -0.25) is 14.4 Å². The SMILES string of the molecule is Cc1cccc(C(C(=O)NC(C)C)N(C(=O)C(CC(N)=O)NC(=O)OC(C)(C)C)C2CC2C)c1C. The van der Waals surface area contributed by atoms with Gasteiger partial charge in [-0.1, -0.05) is 25.1 Å². The predicted molar refractivity (Wildman–Crippen MR) is 133 cm³/mol. The number of rotatable bonds is 9. The van der Waals surface area contributed by atoms with Gasteiger partial charge in [0.05, 0.1) is 6.42 Å². The maximum absolute atomic E-state index is 14.0. The second-order valence-corrected chi connectivity index (χ2v) is 10.8. The summed E-state index contributed by atoms with van der Waals surface area (Å²) >= 11 is 0. The molecule has 0 radical (unpaired) electrons. The zero-order chi connectivity index (χ0) is 26.7. The number of carbonyl (C=O) groups is 4. The number of hydrogen-bond donors (Lipinski definition) is 3. The second-order valence-electron chi connectivity index (χ2n) is 10.8. The van der Waals surface area contributed by atoms with Crippen molar-refractivity contribution in [1.82, 2.24) is 15.5 Å². The van der Waals surface area contributed by atoms with Gasteiger partial charge in [0.1, 0.15) is 17.7 Å². The van der Waals surface area contributed by atoms with Gasteiger partial charge in [-0.25, -0.2) is 4.79 Å². The highest BCUT2D eigenvalue weighted by Gasteiger charge is 2.48. The average molecular weight is 489 g/mol. The summed E-state index contributed by atoms with van der Waals surface area (Å²) in [6.07, 6.45) is -0.547. The summed E-state index contributed by atoms with van der Waals surface area (Å²) in [6, 6.07) is 3.06. The summed E-state index contributed by atoms with van der Waals surface area (Å²) in [7, 11) is 0. The number of carbonyl (C=O) groups excluding carboxylic acids is 4. The molecule has 9 heteroatoms. The standard InChI is InChI=1S/C26H40N4O5/c1-14(2)28-23(32)22(18-11-9-10-15(3)17(18)5)30(20-12-16(20)4)24(33)19(13-21(27)31)29-25(34)35-26(6,7)8/h9-11,14,16,19-20,22H,12-13H2,1-8H3,(H2,27,31)(H,28,32)(H,29,34). The van der Waals surface area contributed by atoms with E-state index in [1.54, 1.807) is 20.8 Å². The Hall–Kier alpha value is -3.10. The number of amides is 4. The minimum absolute atomic E-state index is 0.148. The van der Waals surface area contributed by atoms with Gasteiger partial charge in [0.2, 0.25) is 17.7 Å². The molecule has 4 atom stereocenters. The zero-order valence-corrected chi connectivity index (χ0v) is 22.1. The first kappa shape index (κ1) is 28.1. The van der Waals surface area contributed by atoms with Crippen LogP contribution in [-0.2, 0) is 19.1 Å². The van der Waals surface area contributed by atoms with Gasteiger partial charge >= 0.3 is 6.09 Å². The van der Waals surface area contributed by atoms with Crippen molar-refractivity contribution in [2.24, 2.45) is 11.7 Å². The molecule has 1 aliphatic rings. The van der Waals surface area contributed by atoms with E-state index in [2.05, 4.69) is 10.6 Å². The van der Waals surface area contributed by atoms with Crippen LogP contribution < -0.4 is 16.4 Å². The van der Waals surface area contributed by atoms with E-state index in [1.807, 2.05) is 52.8 Å². The molecule has 0 aliphatic heterocycles. The van der Waals surface area contributed by atoms with Gasteiger partial charge in [-0.15, -0.1) is 0 Å². The van der Waals surface area contributed by atoms with E-state index in [0.29, 0.717) is 12.0 Å². The van der Waals surface area contributed by atoms with E-state index in [1.165, 1.54) is 4.90 Å². The Balaban J connectivity index is 2.55. The first-order valence-corrected chi connectivity index (χ1v) is 12.1. The maximum atomic E-state index is 14.0. The van der Waals surface area contributed by atoms with E-state index in [0.717, 1.165) is 11.1 Å². The Morgan fingerprint density at radius 1 is 1.14 bits per heavy atom. The van der Waals surface area contributed by atoms with Crippen LogP contribution in [-0.4, -0.2) is 52.4 Å². The van der Waals surface area contributed by atoms with Crippen LogP contribution in [0.5, 0.6) is 0 Å². The van der Waals surface area contributed by atoms with Crippen molar-refractivity contribution in [3.05, 3.63) is 34.9 Å². The number of hydrogen-bond acceptors (Lipinski definition) is 5. The molecule has 1 aromatic rings. The molecule has 4 N–H and O–H groups in total. The van der Waals surface area contributed by atoms with Crippen LogP contribution >= 0.6 is 0 Å². The van der Waals surface area contributed by atoms with Gasteiger partial charge in [0, 0.05) is 12.1 Å². The Bertz CT molecular complexity index is 969. The molecule has 0 bridgehead atoms. The molecule has 194 valence electrons. The Morgan fingerprint density at radius 3 is 2.23 bits per heavy atom. The molecule has 2 rings (SSSR count). The number of nitrogens with one attached hydrogen (secondary N) is 2. The normalized spacial score (nSPS) is 18.9. The number of alkyl carbamates (subject to hydrolysis) is 1. The molecule has 1 aliphatic carbocycles. The lowest BCUT2D eigenvalue weighted by Crippen LogP contribution is -2.55. The summed E-state index contributed by atoms with van der Waals surface area (Å²) in [5.41, 5.74) is 7.22. The number of nitrogens with two attached hydrogens (primary N) is 1. The zero-order valence-electron chi connectivity index (χ0n) is 22.1. The molecule has 0 aromatic heterocycles. The molecular formula is C26H40N4O5. The summed E-state index contributed by atoms with van der Waals surface area (Å²) < 4.78 is 5.30. The van der Waals surface area contributed by atoms with Crippen LogP contribution in [0.3, 0.4) is 0 Å². The maximum Gasteiger partial charge on any atom is 0.408 e. The monoisotopic (exact) mass is 488 g/mol.